The number of carboxylic acid groups (broad SMARTS) is 1. The monoisotopic (exact) mass is 836 g/mol. The summed E-state index contributed by atoms with van der Waals surface area (Å²) in [7, 11) is 0. The zero-order valence-corrected chi connectivity index (χ0v) is 29.5. The number of amides is 1. The molecule has 298 valence electrons. The second-order valence-electron chi connectivity index (χ2n) is 13.0. The Labute approximate surface area is 312 Å². The van der Waals surface area contributed by atoms with Crippen LogP contribution in [0.2, 0.25) is 10.0 Å². The Morgan fingerprint density at radius 2 is 1.56 bits per heavy atom. The summed E-state index contributed by atoms with van der Waals surface area (Å²) in [6.45, 7) is 3.48. The molecule has 0 bridgehead atoms. The number of ether oxygens (including phenoxy) is 3. The molecule has 23 heteroatoms. The second kappa shape index (κ2) is 14.6. The van der Waals surface area contributed by atoms with Crippen LogP contribution in [0.1, 0.15) is 49.5 Å². The molecule has 1 unspecified atom stereocenters. The topological polar surface area (TPSA) is 144 Å². The van der Waals surface area contributed by atoms with Crippen LogP contribution in [-0.2, 0) is 19.9 Å². The van der Waals surface area contributed by atoms with Gasteiger partial charge >= 0.3 is 36.5 Å². The highest BCUT2D eigenvalue weighted by molar-refractivity contribution is 6.34. The van der Waals surface area contributed by atoms with Crippen LogP contribution in [0.5, 0.6) is 5.75 Å². The molecule has 1 aliphatic carbocycles. The molecule has 2 aromatic carbocycles. The summed E-state index contributed by atoms with van der Waals surface area (Å²) in [5.74, 6) is -4.29. The zero-order chi connectivity index (χ0) is 41.7. The van der Waals surface area contributed by atoms with E-state index in [-0.39, 0.29) is 40.6 Å². The number of halogens is 12. The molecule has 1 aliphatic rings. The van der Waals surface area contributed by atoms with Gasteiger partial charge in [0.2, 0.25) is 6.10 Å². The van der Waals surface area contributed by atoms with Crippen molar-refractivity contribution in [2.75, 3.05) is 6.73 Å². The first-order valence-electron chi connectivity index (χ1n) is 15.1. The molecule has 1 aromatic heterocycles. The van der Waals surface area contributed by atoms with E-state index in [2.05, 4.69) is 9.84 Å². The van der Waals surface area contributed by atoms with Gasteiger partial charge in [0.25, 0.3) is 5.91 Å². The molecule has 1 amide bonds. The highest BCUT2D eigenvalue weighted by Crippen LogP contribution is 2.55. The van der Waals surface area contributed by atoms with E-state index in [1.165, 1.54) is 26.8 Å². The Balaban J connectivity index is 1.72. The number of carbonyl (C=O) groups excluding carboxylic acids is 2. The van der Waals surface area contributed by atoms with Crippen LogP contribution in [0.15, 0.2) is 42.7 Å². The van der Waals surface area contributed by atoms with E-state index in [9.17, 15) is 68.7 Å². The molecule has 1 N–H and O–H groups in total. The van der Waals surface area contributed by atoms with E-state index in [0.29, 0.717) is 4.68 Å². The van der Waals surface area contributed by atoms with Crippen molar-refractivity contribution in [3.63, 3.8) is 0 Å². The molecule has 55 heavy (non-hydrogen) atoms. The number of carboxylic acids is 1. The summed E-state index contributed by atoms with van der Waals surface area (Å²) in [5.41, 5.74) is -12.6. The Morgan fingerprint density at radius 1 is 0.964 bits per heavy atom. The van der Waals surface area contributed by atoms with Crippen molar-refractivity contribution < 1.29 is 77.6 Å². The van der Waals surface area contributed by atoms with Gasteiger partial charge in [-0.3, -0.25) is 9.69 Å². The molecule has 11 nitrogen and oxygen atoms in total. The molecular formula is C32H24Cl2F10N4O7. The van der Waals surface area contributed by atoms with Crippen LogP contribution in [0.3, 0.4) is 0 Å². The molecule has 0 saturated heterocycles. The third kappa shape index (κ3) is 8.80. The van der Waals surface area contributed by atoms with E-state index in [1.54, 1.807) is 0 Å². The first-order valence-corrected chi connectivity index (χ1v) is 15.9. The van der Waals surface area contributed by atoms with Crippen molar-refractivity contribution in [1.29, 1.82) is 5.26 Å². The van der Waals surface area contributed by atoms with Gasteiger partial charge in [-0.1, -0.05) is 50.0 Å². The lowest BCUT2D eigenvalue weighted by Crippen LogP contribution is -2.50. The van der Waals surface area contributed by atoms with Crippen molar-refractivity contribution in [1.82, 2.24) is 14.7 Å². The molecule has 1 saturated carbocycles. The van der Waals surface area contributed by atoms with Crippen LogP contribution >= 0.6 is 23.2 Å². The molecule has 0 spiro atoms. The van der Waals surface area contributed by atoms with Gasteiger partial charge < -0.3 is 19.3 Å². The first kappa shape index (κ1) is 42.8. The third-order valence-corrected chi connectivity index (χ3v) is 8.62. The number of nitriles is 1. The van der Waals surface area contributed by atoms with Crippen molar-refractivity contribution in [3.05, 3.63) is 63.9 Å². The molecule has 0 radical (unpaired) electrons. The maximum Gasteiger partial charge on any atom is 0.573 e. The normalized spacial score (nSPS) is 15.1. The van der Waals surface area contributed by atoms with Gasteiger partial charge in [-0.05, 0) is 42.7 Å². The number of carbonyl (C=O) groups is 3. The minimum absolute atomic E-state index is 0.0125. The third-order valence-electron chi connectivity index (χ3n) is 8.00. The van der Waals surface area contributed by atoms with E-state index in [4.69, 9.17) is 32.7 Å². The number of nitrogens with zero attached hydrogens (tertiary/aromatic N) is 4. The van der Waals surface area contributed by atoms with Crippen molar-refractivity contribution in [2.24, 2.45) is 5.41 Å². The van der Waals surface area contributed by atoms with Crippen molar-refractivity contribution in [3.8, 4) is 28.6 Å². The lowest BCUT2D eigenvalue weighted by molar-refractivity contribution is -0.348. The first-order chi connectivity index (χ1) is 25.1. The minimum Gasteiger partial charge on any atom is -0.478 e. The van der Waals surface area contributed by atoms with E-state index < -0.39 is 94.3 Å². The Bertz CT molecular complexity index is 2020. The summed E-state index contributed by atoms with van der Waals surface area (Å²) in [5, 5.41) is 21.5. The number of rotatable bonds is 10. The number of benzene rings is 2. The number of hydrogen-bond acceptors (Lipinski definition) is 8. The summed E-state index contributed by atoms with van der Waals surface area (Å²) in [6.07, 6.45) is -20.3. The van der Waals surface area contributed by atoms with Crippen molar-refractivity contribution >= 4 is 41.2 Å². The summed E-state index contributed by atoms with van der Waals surface area (Å²) >= 11 is 12.2. The fraction of sp³-hybridized carbons (Fsp3) is 0.406. The Hall–Kier alpha value is -4.97. The average Bonchev–Trinajstić information content (AvgIpc) is 3.68. The highest BCUT2D eigenvalue weighted by Gasteiger charge is 2.73. The largest absolute Gasteiger partial charge is 0.573 e. The van der Waals surface area contributed by atoms with Gasteiger partial charge in [0.05, 0.1) is 27.9 Å². The van der Waals surface area contributed by atoms with E-state index in [1.807, 2.05) is 6.07 Å². The molecule has 1 heterocycles. The van der Waals surface area contributed by atoms with Crippen LogP contribution in [-0.4, -0.2) is 74.9 Å². The summed E-state index contributed by atoms with van der Waals surface area (Å²) < 4.78 is 149. The molecule has 1 fully saturated rings. The molecule has 1 atom stereocenters. The standard InChI is InChI=1S/C32H24Cl2F10N4O7/c1-27(2,3)23(25(50)51)54-26(52)53-14-47(28(13-45)6-7-28)24(49)18-8-15(4-5-19(18)33)16-11-46-48(12-16)22-20(34)9-17(10-21(22)55-32(42,43)44)29(35,30(36,37)38)31(39,40)41/h4-5,8-12,23H,6-7,14H2,1-3H3,(H,50,51). The van der Waals surface area contributed by atoms with Gasteiger partial charge in [-0.15, -0.1) is 13.2 Å². The van der Waals surface area contributed by atoms with E-state index >= 15 is 0 Å². The maximum atomic E-state index is 14.8. The van der Waals surface area contributed by atoms with E-state index in [0.717, 1.165) is 29.4 Å². The van der Waals surface area contributed by atoms with Gasteiger partial charge in [-0.25, -0.2) is 18.7 Å². The molecule has 0 aliphatic heterocycles. The quantitative estimate of drug-likeness (QED) is 0.120. The van der Waals surface area contributed by atoms with Gasteiger partial charge in [-0.2, -0.15) is 36.7 Å². The van der Waals surface area contributed by atoms with Crippen LogP contribution < -0.4 is 4.74 Å². The predicted octanol–water partition coefficient (Wildman–Crippen LogP) is 9.14. The second-order valence-corrected chi connectivity index (χ2v) is 13.8. The molecular weight excluding hydrogens is 813 g/mol. The number of hydrogen-bond donors (Lipinski definition) is 1. The maximum absolute atomic E-state index is 14.8. The smallest absolute Gasteiger partial charge is 0.478 e. The number of aliphatic carboxylic acids is 1. The summed E-state index contributed by atoms with van der Waals surface area (Å²) in [6, 6.07) is 4.78. The lowest BCUT2D eigenvalue weighted by atomic mass is 9.89. The van der Waals surface area contributed by atoms with Crippen LogP contribution in [0.4, 0.5) is 48.7 Å². The fourth-order valence-electron chi connectivity index (χ4n) is 5.08. The lowest BCUT2D eigenvalue weighted by Gasteiger charge is -2.31. The Kier molecular flexibility index (Phi) is 11.3. The van der Waals surface area contributed by atoms with Gasteiger partial charge in [0.15, 0.2) is 12.5 Å². The zero-order valence-electron chi connectivity index (χ0n) is 28.0. The Morgan fingerprint density at radius 3 is 2.05 bits per heavy atom. The van der Waals surface area contributed by atoms with Gasteiger partial charge in [0.1, 0.15) is 11.2 Å². The fourth-order valence-corrected chi connectivity index (χ4v) is 5.57. The molecule has 3 aromatic rings. The van der Waals surface area contributed by atoms with Crippen LogP contribution in [0.25, 0.3) is 16.8 Å². The SMILES string of the molecule is CC(C)(C)C(OC(=O)OCN(C(=O)c1cc(-c2cnn(-c3c(Cl)cc(C(F)(C(F)(F)F)C(F)(F)F)cc3OC(F)(F)F)c2)ccc1Cl)C1(C#N)CC1)C(=O)O. The van der Waals surface area contributed by atoms with Crippen molar-refractivity contribution in [2.45, 2.75) is 69.6 Å². The van der Waals surface area contributed by atoms with Crippen LogP contribution in [0, 0.1) is 16.7 Å². The van der Waals surface area contributed by atoms with Gasteiger partial charge in [0, 0.05) is 22.7 Å². The summed E-state index contributed by atoms with van der Waals surface area (Å²) in [4.78, 5) is 38.7. The minimum atomic E-state index is -6.71. The number of aromatic nitrogens is 2. The number of alkyl halides is 10. The average molecular weight is 837 g/mol. The molecule has 4 rings (SSSR count). The highest BCUT2D eigenvalue weighted by atomic mass is 35.5. The predicted molar refractivity (Wildman–Crippen MR) is 168 cm³/mol.